The van der Waals surface area contributed by atoms with E-state index in [1.807, 2.05) is 37.3 Å². The highest BCUT2D eigenvalue weighted by Gasteiger charge is 2.41. The maximum absolute atomic E-state index is 12.8. The molecule has 2 aliphatic rings. The van der Waals surface area contributed by atoms with Gasteiger partial charge in [-0.05, 0) is 30.7 Å². The van der Waals surface area contributed by atoms with Crippen LogP contribution in [0.5, 0.6) is 0 Å². The van der Waals surface area contributed by atoms with E-state index < -0.39 is 6.09 Å². The standard InChI is InChI=1S/C18H23NO4/c1-13(15-7-9-22-10-8-15)17(20)19-16(12-23-18(19)21)11-14-5-3-2-4-6-14/h2-6,13,15-16H,7-12H2,1H3. The summed E-state index contributed by atoms with van der Waals surface area (Å²) in [7, 11) is 0. The number of amides is 2. The van der Waals surface area contributed by atoms with Crippen LogP contribution in [0.2, 0.25) is 0 Å². The summed E-state index contributed by atoms with van der Waals surface area (Å²) >= 11 is 0. The van der Waals surface area contributed by atoms with Gasteiger partial charge < -0.3 is 9.47 Å². The summed E-state index contributed by atoms with van der Waals surface area (Å²) in [6.07, 6.45) is 1.88. The average molecular weight is 317 g/mol. The molecule has 1 aromatic rings. The Morgan fingerprint density at radius 1 is 1.26 bits per heavy atom. The van der Waals surface area contributed by atoms with Gasteiger partial charge in [0.2, 0.25) is 5.91 Å². The van der Waals surface area contributed by atoms with Crippen LogP contribution < -0.4 is 0 Å². The Balaban J connectivity index is 1.70. The van der Waals surface area contributed by atoms with Crippen LogP contribution in [0, 0.1) is 11.8 Å². The van der Waals surface area contributed by atoms with Gasteiger partial charge in [0.15, 0.2) is 0 Å². The molecule has 2 heterocycles. The Morgan fingerprint density at radius 3 is 2.65 bits per heavy atom. The van der Waals surface area contributed by atoms with Crippen LogP contribution in [-0.2, 0) is 20.7 Å². The lowest BCUT2D eigenvalue weighted by molar-refractivity contribution is -0.135. The normalized spacial score (nSPS) is 23.6. The van der Waals surface area contributed by atoms with Crippen LogP contribution in [0.4, 0.5) is 4.79 Å². The highest BCUT2D eigenvalue weighted by Crippen LogP contribution is 2.28. The third-order valence-corrected chi connectivity index (χ3v) is 4.88. The Kier molecular flexibility index (Phi) is 4.96. The second-order valence-electron chi connectivity index (χ2n) is 6.37. The molecule has 0 saturated carbocycles. The van der Waals surface area contributed by atoms with Crippen molar-refractivity contribution in [2.45, 2.75) is 32.2 Å². The van der Waals surface area contributed by atoms with Crippen molar-refractivity contribution in [1.82, 2.24) is 4.90 Å². The molecule has 0 spiro atoms. The second-order valence-corrected chi connectivity index (χ2v) is 6.37. The molecule has 0 radical (unpaired) electrons. The zero-order valence-corrected chi connectivity index (χ0v) is 13.4. The van der Waals surface area contributed by atoms with E-state index in [9.17, 15) is 9.59 Å². The fourth-order valence-corrected chi connectivity index (χ4v) is 3.40. The monoisotopic (exact) mass is 317 g/mol. The summed E-state index contributed by atoms with van der Waals surface area (Å²) in [5.41, 5.74) is 1.10. The van der Waals surface area contributed by atoms with Crippen LogP contribution in [0.1, 0.15) is 25.3 Å². The largest absolute Gasteiger partial charge is 0.447 e. The van der Waals surface area contributed by atoms with Crippen molar-refractivity contribution < 1.29 is 19.1 Å². The van der Waals surface area contributed by atoms with Gasteiger partial charge in [-0.2, -0.15) is 0 Å². The fraction of sp³-hybridized carbons (Fsp3) is 0.556. The lowest BCUT2D eigenvalue weighted by Gasteiger charge is -2.30. The number of imide groups is 1. The molecule has 23 heavy (non-hydrogen) atoms. The maximum Gasteiger partial charge on any atom is 0.416 e. The summed E-state index contributed by atoms with van der Waals surface area (Å²) < 4.78 is 10.5. The van der Waals surface area contributed by atoms with E-state index in [0.29, 0.717) is 19.6 Å². The predicted molar refractivity (Wildman–Crippen MR) is 84.8 cm³/mol. The first-order chi connectivity index (χ1) is 11.2. The van der Waals surface area contributed by atoms with Crippen LogP contribution in [-0.4, -0.2) is 42.8 Å². The van der Waals surface area contributed by atoms with Gasteiger partial charge in [0, 0.05) is 19.1 Å². The second kappa shape index (κ2) is 7.13. The van der Waals surface area contributed by atoms with E-state index in [1.165, 1.54) is 4.90 Å². The number of hydrogen-bond donors (Lipinski definition) is 0. The summed E-state index contributed by atoms with van der Waals surface area (Å²) in [6, 6.07) is 9.68. The van der Waals surface area contributed by atoms with Crippen LogP contribution in [0.15, 0.2) is 30.3 Å². The van der Waals surface area contributed by atoms with Gasteiger partial charge in [-0.25, -0.2) is 9.69 Å². The quantitative estimate of drug-likeness (QED) is 0.856. The van der Waals surface area contributed by atoms with Crippen molar-refractivity contribution in [2.75, 3.05) is 19.8 Å². The summed E-state index contributed by atoms with van der Waals surface area (Å²) in [6.45, 7) is 3.59. The van der Waals surface area contributed by atoms with Crippen molar-refractivity contribution in [2.24, 2.45) is 11.8 Å². The number of nitrogens with zero attached hydrogens (tertiary/aromatic N) is 1. The molecule has 2 fully saturated rings. The van der Waals surface area contributed by atoms with Gasteiger partial charge in [0.05, 0.1) is 6.04 Å². The molecule has 124 valence electrons. The molecule has 0 bridgehead atoms. The third-order valence-electron chi connectivity index (χ3n) is 4.88. The highest BCUT2D eigenvalue weighted by molar-refractivity contribution is 5.94. The molecule has 3 rings (SSSR count). The minimum absolute atomic E-state index is 0.111. The van der Waals surface area contributed by atoms with Crippen molar-refractivity contribution >= 4 is 12.0 Å². The molecule has 2 atom stereocenters. The number of carbonyl (C=O) groups is 2. The van der Waals surface area contributed by atoms with Crippen molar-refractivity contribution in [1.29, 1.82) is 0 Å². The highest BCUT2D eigenvalue weighted by atomic mass is 16.6. The summed E-state index contributed by atoms with van der Waals surface area (Å²) in [5.74, 6) is -0.00909. The number of rotatable bonds is 4. The minimum atomic E-state index is -0.505. The Morgan fingerprint density at radius 2 is 1.96 bits per heavy atom. The van der Waals surface area contributed by atoms with E-state index in [4.69, 9.17) is 9.47 Å². The number of hydrogen-bond acceptors (Lipinski definition) is 4. The Hall–Kier alpha value is -1.88. The fourth-order valence-electron chi connectivity index (χ4n) is 3.40. The molecular weight excluding hydrogens is 294 g/mol. The zero-order chi connectivity index (χ0) is 16.2. The molecular formula is C18H23NO4. The smallest absolute Gasteiger partial charge is 0.416 e. The lowest BCUT2D eigenvalue weighted by Crippen LogP contribution is -2.45. The molecule has 5 heteroatoms. The van der Waals surface area contributed by atoms with E-state index in [0.717, 1.165) is 18.4 Å². The Bertz CT molecular complexity index is 553. The first-order valence-electron chi connectivity index (χ1n) is 8.28. The van der Waals surface area contributed by atoms with Crippen molar-refractivity contribution in [3.05, 3.63) is 35.9 Å². The molecule has 2 unspecified atom stereocenters. The lowest BCUT2D eigenvalue weighted by atomic mass is 9.86. The number of carbonyl (C=O) groups excluding carboxylic acids is 2. The maximum atomic E-state index is 12.8. The van der Waals surface area contributed by atoms with Gasteiger partial charge in [-0.1, -0.05) is 37.3 Å². The molecule has 0 aliphatic carbocycles. The molecule has 0 N–H and O–H groups in total. The summed E-state index contributed by atoms with van der Waals surface area (Å²) in [5, 5.41) is 0. The van der Waals surface area contributed by atoms with Gasteiger partial charge in [-0.15, -0.1) is 0 Å². The molecule has 2 saturated heterocycles. The minimum Gasteiger partial charge on any atom is -0.447 e. The van der Waals surface area contributed by atoms with Gasteiger partial charge in [-0.3, -0.25) is 4.79 Å². The van der Waals surface area contributed by atoms with E-state index >= 15 is 0 Å². The number of ether oxygens (including phenoxy) is 2. The Labute approximate surface area is 136 Å². The summed E-state index contributed by atoms with van der Waals surface area (Å²) in [4.78, 5) is 26.2. The zero-order valence-electron chi connectivity index (χ0n) is 13.4. The molecule has 5 nitrogen and oxygen atoms in total. The van der Waals surface area contributed by atoms with E-state index in [1.54, 1.807) is 0 Å². The third kappa shape index (κ3) is 3.55. The number of benzene rings is 1. The van der Waals surface area contributed by atoms with Crippen molar-refractivity contribution in [3.8, 4) is 0 Å². The first kappa shape index (κ1) is 16.0. The van der Waals surface area contributed by atoms with Gasteiger partial charge in [0.1, 0.15) is 6.61 Å². The number of cyclic esters (lactones) is 1. The van der Waals surface area contributed by atoms with Crippen LogP contribution >= 0.6 is 0 Å². The van der Waals surface area contributed by atoms with Crippen molar-refractivity contribution in [3.63, 3.8) is 0 Å². The molecule has 2 aliphatic heterocycles. The van der Waals surface area contributed by atoms with Crippen LogP contribution in [0.25, 0.3) is 0 Å². The van der Waals surface area contributed by atoms with Gasteiger partial charge in [0.25, 0.3) is 0 Å². The molecule has 0 aromatic heterocycles. The van der Waals surface area contributed by atoms with E-state index in [-0.39, 0.29) is 30.4 Å². The predicted octanol–water partition coefficient (Wildman–Crippen LogP) is 2.64. The SMILES string of the molecule is CC(C(=O)N1C(=O)OCC1Cc1ccccc1)C1CCOCC1. The van der Waals surface area contributed by atoms with E-state index in [2.05, 4.69) is 0 Å². The first-order valence-corrected chi connectivity index (χ1v) is 8.28. The topological polar surface area (TPSA) is 55.8 Å². The average Bonchev–Trinajstić information content (AvgIpc) is 2.95. The van der Waals surface area contributed by atoms with Gasteiger partial charge >= 0.3 is 6.09 Å². The molecule has 1 aromatic carbocycles. The molecule has 2 amide bonds. The van der Waals surface area contributed by atoms with Crippen LogP contribution in [0.3, 0.4) is 0 Å².